The maximum atomic E-state index is 13.7. The van der Waals surface area contributed by atoms with E-state index in [1.807, 2.05) is 12.1 Å². The van der Waals surface area contributed by atoms with E-state index in [1.165, 1.54) is 0 Å². The first-order chi connectivity index (χ1) is 9.69. The number of alkyl halides is 1. The molecule has 0 amide bonds. The van der Waals surface area contributed by atoms with Crippen molar-refractivity contribution in [3.63, 3.8) is 0 Å². The van der Waals surface area contributed by atoms with Gasteiger partial charge in [0.15, 0.2) is 0 Å². The molecule has 1 aliphatic carbocycles. The summed E-state index contributed by atoms with van der Waals surface area (Å²) in [6.45, 7) is -0.854. The highest BCUT2D eigenvalue weighted by Gasteiger charge is 2.46. The zero-order chi connectivity index (χ0) is 14.2. The van der Waals surface area contributed by atoms with Crippen LogP contribution in [-0.4, -0.2) is 32.1 Å². The highest BCUT2D eigenvalue weighted by Crippen LogP contribution is 2.42. The van der Waals surface area contributed by atoms with Gasteiger partial charge < -0.3 is 14.8 Å². The van der Waals surface area contributed by atoms with Gasteiger partial charge in [0.1, 0.15) is 17.9 Å². The van der Waals surface area contributed by atoms with Crippen LogP contribution in [0.1, 0.15) is 18.4 Å². The second-order valence-corrected chi connectivity index (χ2v) is 5.45. The molecule has 1 saturated carbocycles. The minimum absolute atomic E-state index is 0.215. The van der Waals surface area contributed by atoms with Crippen LogP contribution >= 0.6 is 0 Å². The molecule has 104 valence electrons. The van der Waals surface area contributed by atoms with Gasteiger partial charge in [-0.3, -0.25) is 0 Å². The van der Waals surface area contributed by atoms with Gasteiger partial charge in [0.05, 0.1) is 14.1 Å². The Kier molecular flexibility index (Phi) is 3.56. The Morgan fingerprint density at radius 1 is 1.45 bits per heavy atom. The maximum Gasteiger partial charge on any atom is 0.134 e. The number of aliphatic hydroxyl groups is 1. The van der Waals surface area contributed by atoms with Gasteiger partial charge in [0, 0.05) is 11.4 Å². The fraction of sp³-hybridized carbons (Fsp3) is 0.467. The third kappa shape index (κ3) is 2.25. The summed E-state index contributed by atoms with van der Waals surface area (Å²) in [4.78, 5) is 0. The van der Waals surface area contributed by atoms with E-state index < -0.39 is 12.3 Å². The van der Waals surface area contributed by atoms with Gasteiger partial charge in [0.2, 0.25) is 0 Å². The minimum Gasteiger partial charge on any atom is -0.464 e. The zero-order valence-electron chi connectivity index (χ0n) is 11.2. The molecule has 2 atom stereocenters. The monoisotopic (exact) mass is 273 g/mol. The van der Waals surface area contributed by atoms with Crippen molar-refractivity contribution < 1.29 is 13.9 Å². The van der Waals surface area contributed by atoms with Crippen molar-refractivity contribution in [2.24, 2.45) is 5.92 Å². The Morgan fingerprint density at radius 2 is 2.25 bits per heavy atom. The van der Waals surface area contributed by atoms with Crippen molar-refractivity contribution in [3.05, 3.63) is 36.1 Å². The number of rotatable bonds is 6. The molecule has 0 spiro atoms. The van der Waals surface area contributed by atoms with Gasteiger partial charge in [-0.15, -0.1) is 0 Å². The predicted molar refractivity (Wildman–Crippen MR) is 76.4 cm³/mol. The molecule has 3 nitrogen and oxygen atoms in total. The van der Waals surface area contributed by atoms with E-state index in [2.05, 4.69) is 5.32 Å². The van der Waals surface area contributed by atoms with E-state index in [0.29, 0.717) is 11.1 Å². The quantitative estimate of drug-likeness (QED) is 0.792. The topological polar surface area (TPSA) is 45.4 Å². The van der Waals surface area contributed by atoms with Crippen LogP contribution in [0.5, 0.6) is 0 Å². The Labute approximate surface area is 118 Å². The smallest absolute Gasteiger partial charge is 0.134 e. The molecular formula is C15H17BFNO2. The molecule has 1 heterocycles. The first kappa shape index (κ1) is 13.6. The summed E-state index contributed by atoms with van der Waals surface area (Å²) in [6.07, 6.45) is 3.78. The van der Waals surface area contributed by atoms with Crippen LogP contribution in [0.4, 0.5) is 4.39 Å². The molecule has 2 radical (unpaired) electrons. The van der Waals surface area contributed by atoms with Crippen molar-refractivity contribution in [3.8, 4) is 0 Å². The third-order valence-electron chi connectivity index (χ3n) is 4.11. The molecule has 1 fully saturated rings. The third-order valence-corrected chi connectivity index (χ3v) is 4.11. The molecule has 2 unspecified atom stereocenters. The van der Waals surface area contributed by atoms with Gasteiger partial charge in [-0.25, -0.2) is 4.39 Å². The van der Waals surface area contributed by atoms with E-state index in [-0.39, 0.29) is 18.4 Å². The normalized spacial score (nSPS) is 19.9. The molecule has 20 heavy (non-hydrogen) atoms. The molecule has 5 heteroatoms. The van der Waals surface area contributed by atoms with Crippen LogP contribution in [0.2, 0.25) is 0 Å². The van der Waals surface area contributed by atoms with Gasteiger partial charge >= 0.3 is 0 Å². The summed E-state index contributed by atoms with van der Waals surface area (Å²) in [7, 11) is 5.54. The summed E-state index contributed by atoms with van der Waals surface area (Å²) in [6, 6.07) is 6.77. The molecule has 1 aromatic carbocycles. The van der Waals surface area contributed by atoms with Crippen LogP contribution in [0.25, 0.3) is 11.0 Å². The van der Waals surface area contributed by atoms with E-state index in [1.54, 1.807) is 18.4 Å². The molecule has 0 aliphatic heterocycles. The van der Waals surface area contributed by atoms with Gasteiger partial charge in [0.25, 0.3) is 0 Å². The number of benzene rings is 1. The number of hydrogen-bond acceptors (Lipinski definition) is 3. The van der Waals surface area contributed by atoms with Crippen LogP contribution in [0, 0.1) is 5.92 Å². The lowest BCUT2D eigenvalue weighted by atomic mass is 9.84. The summed E-state index contributed by atoms with van der Waals surface area (Å²) in [5.41, 5.74) is -0.390. The molecule has 1 aliphatic rings. The molecule has 2 aromatic rings. The van der Waals surface area contributed by atoms with Gasteiger partial charge in [-0.2, -0.15) is 0 Å². The number of halogens is 1. The van der Waals surface area contributed by atoms with Crippen LogP contribution in [0.3, 0.4) is 0 Å². The number of hydrogen-bond donors (Lipinski definition) is 2. The summed E-state index contributed by atoms with van der Waals surface area (Å²) in [5.74, 6) is 0.270. The Morgan fingerprint density at radius 3 is 2.90 bits per heavy atom. The highest BCUT2D eigenvalue weighted by atomic mass is 19.1. The number of nitrogens with one attached hydrogen (secondary N) is 1. The van der Waals surface area contributed by atoms with Crippen molar-refractivity contribution in [2.45, 2.75) is 24.5 Å². The molecule has 0 bridgehead atoms. The van der Waals surface area contributed by atoms with E-state index in [4.69, 9.17) is 12.3 Å². The van der Waals surface area contributed by atoms with E-state index in [0.717, 1.165) is 18.2 Å². The average molecular weight is 273 g/mol. The Balaban J connectivity index is 2.00. The predicted octanol–water partition coefficient (Wildman–Crippen LogP) is 2.08. The van der Waals surface area contributed by atoms with Gasteiger partial charge in [-0.05, 0) is 42.9 Å². The first-order valence-corrected chi connectivity index (χ1v) is 6.88. The van der Waals surface area contributed by atoms with Crippen LogP contribution < -0.4 is 5.32 Å². The fourth-order valence-corrected chi connectivity index (χ4v) is 2.85. The lowest BCUT2D eigenvalue weighted by molar-refractivity contribution is -0.0303. The lowest BCUT2D eigenvalue weighted by Gasteiger charge is -2.35. The van der Waals surface area contributed by atoms with Crippen molar-refractivity contribution >= 4 is 18.8 Å². The maximum absolute atomic E-state index is 13.7. The number of fused-ring (bicyclic) bond motifs is 1. The molecular weight excluding hydrogens is 256 g/mol. The van der Waals surface area contributed by atoms with Crippen molar-refractivity contribution in [1.29, 1.82) is 0 Å². The first-order valence-electron chi connectivity index (χ1n) is 6.88. The van der Waals surface area contributed by atoms with E-state index in [9.17, 15) is 9.50 Å². The Bertz CT molecular complexity index is 598. The van der Waals surface area contributed by atoms with Crippen molar-refractivity contribution in [1.82, 2.24) is 5.32 Å². The van der Waals surface area contributed by atoms with Crippen LogP contribution in [-0.2, 0) is 5.60 Å². The summed E-state index contributed by atoms with van der Waals surface area (Å²) < 4.78 is 19.0. The molecule has 0 saturated heterocycles. The standard InChI is InChI=1S/C15H17BFNO2/c16-9-18-14(11-1-2-11)15(19,8-17)12-4-3-10-5-6-20-13(10)7-12/h3-7,11,14,18-19H,1-2,8-9H2. The van der Waals surface area contributed by atoms with Crippen molar-refractivity contribution in [2.75, 3.05) is 13.1 Å². The number of furan rings is 1. The second kappa shape index (κ2) is 5.22. The van der Waals surface area contributed by atoms with Crippen LogP contribution in [0.15, 0.2) is 34.9 Å². The molecule has 2 N–H and O–H groups in total. The fourth-order valence-electron chi connectivity index (χ4n) is 2.85. The Hall–Kier alpha value is -1.33. The highest BCUT2D eigenvalue weighted by molar-refractivity contribution is 6.08. The average Bonchev–Trinajstić information content (AvgIpc) is 3.20. The van der Waals surface area contributed by atoms with Gasteiger partial charge in [-0.1, -0.05) is 12.1 Å². The second-order valence-electron chi connectivity index (χ2n) is 5.45. The SMILES string of the molecule is [B]CNC(C1CC1)C(O)(CF)c1ccc2ccoc2c1. The molecule has 1 aromatic heterocycles. The molecule has 3 rings (SSSR count). The summed E-state index contributed by atoms with van der Waals surface area (Å²) in [5, 5.41) is 14.8. The largest absolute Gasteiger partial charge is 0.464 e. The zero-order valence-corrected chi connectivity index (χ0v) is 11.2. The summed E-state index contributed by atoms with van der Waals surface area (Å²) >= 11 is 0. The van der Waals surface area contributed by atoms with E-state index >= 15 is 0 Å². The minimum atomic E-state index is -1.57. The lowest BCUT2D eigenvalue weighted by Crippen LogP contribution is -2.52.